The van der Waals surface area contributed by atoms with Crippen molar-refractivity contribution in [1.29, 1.82) is 0 Å². The van der Waals surface area contributed by atoms with E-state index in [1.165, 1.54) is 10.7 Å². The molecule has 16 heteroatoms. The summed E-state index contributed by atoms with van der Waals surface area (Å²) in [6.45, 7) is 5.76. The van der Waals surface area contributed by atoms with E-state index in [9.17, 15) is 14.0 Å². The van der Waals surface area contributed by atoms with Crippen LogP contribution in [0.1, 0.15) is 115 Å². The summed E-state index contributed by atoms with van der Waals surface area (Å²) in [6.07, 6.45) is 18.0. The van der Waals surface area contributed by atoms with E-state index in [1.54, 1.807) is 47.5 Å². The summed E-state index contributed by atoms with van der Waals surface area (Å²) in [5, 5.41) is 5.57. The Bertz CT molecular complexity index is 3330. The van der Waals surface area contributed by atoms with Crippen molar-refractivity contribution in [1.82, 2.24) is 34.0 Å². The first kappa shape index (κ1) is 52.9. The topological polar surface area (TPSA) is 127 Å². The number of amides is 3. The van der Waals surface area contributed by atoms with Crippen LogP contribution < -0.4 is 9.47 Å². The molecule has 396 valence electrons. The third kappa shape index (κ3) is 12.2. The molecule has 7 aromatic rings. The Kier molecular flexibility index (Phi) is 16.3. The fourth-order valence-electron chi connectivity index (χ4n) is 10.5. The normalized spacial score (nSPS) is 16.2. The standard InChI is InChI=1S/C61H61Cl2FN8O5/c1-40(2)77-55-33-50(76-3)22-23-52(55)60-67-58(42-14-18-47(62)19-15-42)59(43-16-20-48(63)21-17-43)72(60)61(75)70-30-29-69(57(74)39-70)27-9-7-5-4-6-8-13-56(73)71-38-46(35-66-71)45-32-53-51(24-25-54(53)65-34-45)44-26-28-68(37-44)36-41-11-10-12-49(64)31-41/h10-12,14-24,26,28,31-35,37-38,40,58-59H,4-9,13,25,27,29-30,36,39H2,1-3H3/t58-,59+/m1/s1. The van der Waals surface area contributed by atoms with Gasteiger partial charge in [0.15, 0.2) is 0 Å². The quantitative estimate of drug-likeness (QED) is 0.0738. The van der Waals surface area contributed by atoms with Crippen LogP contribution in [-0.2, 0) is 17.8 Å². The Labute approximate surface area is 458 Å². The predicted octanol–water partition coefficient (Wildman–Crippen LogP) is 12.9. The number of carbonyl (C=O) groups is 3. The zero-order chi connectivity index (χ0) is 53.6. The Morgan fingerprint density at radius 1 is 0.792 bits per heavy atom. The SMILES string of the molecule is COc1ccc(C2=N[C@H](c3ccc(Cl)cc3)[C@H](c3ccc(Cl)cc3)N2C(=O)N2CCN(CCCCCCCCC(=O)n3cc(-c4cnc5c(c4)C(c4ccn(Cc6cccc(F)c6)c4)=CC5)cn3)C(=O)C2)c(OC(C)C)c1. The minimum absolute atomic E-state index is 0.0533. The molecule has 1 saturated heterocycles. The molecule has 13 nitrogen and oxygen atoms in total. The number of urea groups is 1. The number of pyridine rings is 1. The van der Waals surface area contributed by atoms with Gasteiger partial charge >= 0.3 is 6.03 Å². The van der Waals surface area contributed by atoms with Crippen molar-refractivity contribution < 1.29 is 28.2 Å². The van der Waals surface area contributed by atoms with Gasteiger partial charge < -0.3 is 23.8 Å². The third-order valence-electron chi connectivity index (χ3n) is 14.4. The lowest BCUT2D eigenvalue weighted by molar-refractivity contribution is -0.135. The van der Waals surface area contributed by atoms with Crippen LogP contribution in [-0.4, -0.2) is 97.1 Å². The first-order valence-corrected chi connectivity index (χ1v) is 27.1. The van der Waals surface area contributed by atoms with Crippen LogP contribution in [0.4, 0.5) is 9.18 Å². The number of hydrogen-bond donors (Lipinski definition) is 0. The molecule has 3 amide bonds. The molecular formula is C61H61Cl2FN8O5. The number of piperazine rings is 1. The largest absolute Gasteiger partial charge is 0.497 e. The van der Waals surface area contributed by atoms with E-state index in [-0.39, 0.29) is 36.3 Å². The number of hydrogen-bond acceptors (Lipinski definition) is 8. The Balaban J connectivity index is 0.706. The zero-order valence-corrected chi connectivity index (χ0v) is 45.0. The van der Waals surface area contributed by atoms with Gasteiger partial charge in [0.1, 0.15) is 35.7 Å². The molecule has 2 atom stereocenters. The summed E-state index contributed by atoms with van der Waals surface area (Å²) in [4.78, 5) is 57.5. The summed E-state index contributed by atoms with van der Waals surface area (Å²) in [7, 11) is 1.59. The van der Waals surface area contributed by atoms with E-state index >= 15 is 4.79 Å². The maximum Gasteiger partial charge on any atom is 0.326 e. The van der Waals surface area contributed by atoms with Crippen molar-refractivity contribution in [3.63, 3.8) is 0 Å². The molecule has 0 saturated carbocycles. The molecule has 0 bridgehead atoms. The van der Waals surface area contributed by atoms with Gasteiger partial charge in [0.2, 0.25) is 11.8 Å². The van der Waals surface area contributed by atoms with Crippen LogP contribution in [0, 0.1) is 5.82 Å². The Morgan fingerprint density at radius 3 is 2.29 bits per heavy atom. The predicted molar refractivity (Wildman–Crippen MR) is 298 cm³/mol. The average Bonchev–Trinajstić information content (AvgIpc) is 4.32. The summed E-state index contributed by atoms with van der Waals surface area (Å²) >= 11 is 12.8. The minimum Gasteiger partial charge on any atom is -0.497 e. The van der Waals surface area contributed by atoms with Gasteiger partial charge in [-0.25, -0.2) is 13.9 Å². The lowest BCUT2D eigenvalue weighted by atomic mass is 9.93. The van der Waals surface area contributed by atoms with Gasteiger partial charge in [-0.15, -0.1) is 0 Å². The number of ether oxygens (including phenoxy) is 2. The molecule has 5 heterocycles. The molecule has 77 heavy (non-hydrogen) atoms. The van der Waals surface area contributed by atoms with Gasteiger partial charge in [-0.05, 0) is 115 Å². The number of allylic oxidation sites excluding steroid dienone is 1. The van der Waals surface area contributed by atoms with Gasteiger partial charge in [-0.3, -0.25) is 24.5 Å². The molecule has 2 aliphatic heterocycles. The second-order valence-corrected chi connectivity index (χ2v) is 21.0. The highest BCUT2D eigenvalue weighted by molar-refractivity contribution is 6.30. The highest BCUT2D eigenvalue weighted by Crippen LogP contribution is 2.46. The molecule has 10 rings (SSSR count). The fourth-order valence-corrected chi connectivity index (χ4v) is 10.7. The smallest absolute Gasteiger partial charge is 0.326 e. The number of nitrogens with zero attached hydrogens (tertiary/aromatic N) is 8. The molecule has 3 aliphatic rings. The molecule has 0 radical (unpaired) electrons. The minimum atomic E-state index is -0.589. The molecule has 3 aromatic heterocycles. The number of halogens is 3. The van der Waals surface area contributed by atoms with Crippen LogP contribution in [0.2, 0.25) is 10.0 Å². The first-order chi connectivity index (χ1) is 37.4. The van der Waals surface area contributed by atoms with E-state index in [2.05, 4.69) is 34.1 Å². The number of amidine groups is 1. The summed E-state index contributed by atoms with van der Waals surface area (Å²) in [5.41, 5.74) is 9.15. The fraction of sp³-hybridized carbons (Fsp3) is 0.311. The number of aromatic nitrogens is 4. The molecule has 0 unspecified atom stereocenters. The van der Waals surface area contributed by atoms with Crippen molar-refractivity contribution >= 4 is 52.5 Å². The molecule has 4 aromatic carbocycles. The van der Waals surface area contributed by atoms with Crippen LogP contribution in [0.25, 0.3) is 16.7 Å². The van der Waals surface area contributed by atoms with Crippen molar-refractivity contribution in [3.05, 3.63) is 195 Å². The number of unbranched alkanes of at least 4 members (excludes halogenated alkanes) is 5. The van der Waals surface area contributed by atoms with E-state index in [0.717, 1.165) is 95.2 Å². The monoisotopic (exact) mass is 1070 g/mol. The highest BCUT2D eigenvalue weighted by atomic mass is 35.5. The maximum absolute atomic E-state index is 15.1. The van der Waals surface area contributed by atoms with Gasteiger partial charge in [-0.1, -0.05) is 91.4 Å². The Morgan fingerprint density at radius 2 is 1.55 bits per heavy atom. The molecule has 1 aliphatic carbocycles. The van der Waals surface area contributed by atoms with Gasteiger partial charge in [0.25, 0.3) is 0 Å². The lowest BCUT2D eigenvalue weighted by Gasteiger charge is -2.38. The maximum atomic E-state index is 15.1. The second-order valence-electron chi connectivity index (χ2n) is 20.1. The summed E-state index contributed by atoms with van der Waals surface area (Å²) in [6, 6.07) is 29.8. The van der Waals surface area contributed by atoms with Crippen LogP contribution in [0.15, 0.2) is 145 Å². The number of aliphatic imine (C=N–C) groups is 1. The van der Waals surface area contributed by atoms with E-state index in [0.29, 0.717) is 65.5 Å². The van der Waals surface area contributed by atoms with Crippen LogP contribution in [0.5, 0.6) is 11.5 Å². The van der Waals surface area contributed by atoms with E-state index < -0.39 is 12.1 Å². The average molecular weight is 1080 g/mol. The highest BCUT2D eigenvalue weighted by Gasteiger charge is 2.45. The summed E-state index contributed by atoms with van der Waals surface area (Å²) in [5.74, 6) is 1.14. The van der Waals surface area contributed by atoms with Gasteiger partial charge in [0, 0.05) is 96.6 Å². The van der Waals surface area contributed by atoms with E-state index in [4.69, 9.17) is 42.7 Å². The van der Waals surface area contributed by atoms with Crippen molar-refractivity contribution in [2.24, 2.45) is 4.99 Å². The van der Waals surface area contributed by atoms with E-state index in [1.807, 2.05) is 97.9 Å². The molecule has 1 fully saturated rings. The van der Waals surface area contributed by atoms with Gasteiger partial charge in [-0.2, -0.15) is 5.10 Å². The first-order valence-electron chi connectivity index (χ1n) is 26.4. The van der Waals surface area contributed by atoms with Crippen LogP contribution in [0.3, 0.4) is 0 Å². The van der Waals surface area contributed by atoms with Gasteiger partial charge in [0.05, 0.1) is 36.7 Å². The molecule has 0 spiro atoms. The van der Waals surface area contributed by atoms with Crippen molar-refractivity contribution in [3.8, 4) is 22.6 Å². The van der Waals surface area contributed by atoms with Crippen molar-refractivity contribution in [2.45, 2.75) is 89.9 Å². The number of rotatable bonds is 19. The molecule has 0 N–H and O–H groups in total. The van der Waals surface area contributed by atoms with Crippen LogP contribution >= 0.6 is 23.2 Å². The summed E-state index contributed by atoms with van der Waals surface area (Å²) < 4.78 is 29.2. The number of carbonyl (C=O) groups excluding carboxylic acids is 3. The third-order valence-corrected chi connectivity index (χ3v) is 14.9. The second kappa shape index (κ2) is 23.8. The molecular weight excluding hydrogens is 1010 g/mol. The Hall–Kier alpha value is -7.55. The number of fused-ring (bicyclic) bond motifs is 1. The number of benzene rings is 4. The number of methoxy groups -OCH3 is 1. The zero-order valence-electron chi connectivity index (χ0n) is 43.5. The lowest BCUT2D eigenvalue weighted by Crippen LogP contribution is -2.56. The van der Waals surface area contributed by atoms with Crippen molar-refractivity contribution in [2.75, 3.05) is 33.3 Å².